The Balaban J connectivity index is 1.83. The Bertz CT molecular complexity index is 821. The second-order valence-electron chi connectivity index (χ2n) is 6.45. The van der Waals surface area contributed by atoms with Gasteiger partial charge in [-0.2, -0.15) is 5.26 Å². The van der Waals surface area contributed by atoms with E-state index in [1.165, 1.54) is 0 Å². The number of carbonyl (C=O) groups is 2. The van der Waals surface area contributed by atoms with Crippen LogP contribution in [0.2, 0.25) is 0 Å². The standard InChI is InChI=1S/C21H23N3O3/c1-14(2)20(25)24-18-8-4-17(5-9-18)13-23-21(26)15(3)27-19-10-6-16(12-22)7-11-19/h4-11,14-15H,13H2,1-3H3,(H,23,26)(H,24,25). The summed E-state index contributed by atoms with van der Waals surface area (Å²) in [5, 5.41) is 14.4. The number of rotatable bonds is 7. The summed E-state index contributed by atoms with van der Waals surface area (Å²) in [4.78, 5) is 23.9. The molecule has 0 radical (unpaired) electrons. The fourth-order valence-electron chi connectivity index (χ4n) is 2.19. The first kappa shape index (κ1) is 20.0. The first-order valence-corrected chi connectivity index (χ1v) is 8.73. The van der Waals surface area contributed by atoms with Crippen molar-refractivity contribution in [1.29, 1.82) is 5.26 Å². The minimum Gasteiger partial charge on any atom is -0.481 e. The Labute approximate surface area is 159 Å². The lowest BCUT2D eigenvalue weighted by Crippen LogP contribution is -2.35. The van der Waals surface area contributed by atoms with Crippen LogP contribution in [0.3, 0.4) is 0 Å². The van der Waals surface area contributed by atoms with E-state index in [9.17, 15) is 9.59 Å². The Morgan fingerprint density at radius 3 is 2.19 bits per heavy atom. The molecule has 2 aromatic rings. The summed E-state index contributed by atoms with van der Waals surface area (Å²) in [5.41, 5.74) is 2.17. The van der Waals surface area contributed by atoms with Crippen LogP contribution in [0.5, 0.6) is 5.75 Å². The molecule has 2 aromatic carbocycles. The van der Waals surface area contributed by atoms with E-state index in [4.69, 9.17) is 10.00 Å². The smallest absolute Gasteiger partial charge is 0.261 e. The minimum atomic E-state index is -0.664. The summed E-state index contributed by atoms with van der Waals surface area (Å²) in [6.07, 6.45) is -0.664. The van der Waals surface area contributed by atoms with Crippen molar-refractivity contribution >= 4 is 17.5 Å². The number of anilines is 1. The zero-order chi connectivity index (χ0) is 19.8. The Hall–Kier alpha value is -3.33. The molecule has 2 rings (SSSR count). The third-order valence-corrected chi connectivity index (χ3v) is 3.88. The molecule has 140 valence electrons. The quantitative estimate of drug-likeness (QED) is 0.788. The van der Waals surface area contributed by atoms with Gasteiger partial charge < -0.3 is 15.4 Å². The van der Waals surface area contributed by atoms with Gasteiger partial charge in [-0.15, -0.1) is 0 Å². The largest absolute Gasteiger partial charge is 0.481 e. The second-order valence-corrected chi connectivity index (χ2v) is 6.45. The summed E-state index contributed by atoms with van der Waals surface area (Å²) in [6.45, 7) is 5.69. The number of hydrogen-bond acceptors (Lipinski definition) is 4. The first-order chi connectivity index (χ1) is 12.9. The van der Waals surface area contributed by atoms with Crippen molar-refractivity contribution in [2.45, 2.75) is 33.4 Å². The number of nitriles is 1. The number of ether oxygens (including phenoxy) is 1. The number of nitrogens with one attached hydrogen (secondary N) is 2. The van der Waals surface area contributed by atoms with Gasteiger partial charge in [-0.25, -0.2) is 0 Å². The van der Waals surface area contributed by atoms with E-state index in [0.29, 0.717) is 17.9 Å². The minimum absolute atomic E-state index is 0.0372. The predicted octanol–water partition coefficient (Wildman–Crippen LogP) is 3.24. The zero-order valence-corrected chi connectivity index (χ0v) is 15.7. The van der Waals surface area contributed by atoms with Crippen LogP contribution in [0.15, 0.2) is 48.5 Å². The third-order valence-electron chi connectivity index (χ3n) is 3.88. The molecule has 0 saturated heterocycles. The summed E-state index contributed by atoms with van der Waals surface area (Å²) in [6, 6.07) is 15.9. The van der Waals surface area contributed by atoms with Crippen molar-refractivity contribution in [3.8, 4) is 11.8 Å². The van der Waals surface area contributed by atoms with Gasteiger partial charge in [-0.3, -0.25) is 9.59 Å². The average Bonchev–Trinajstić information content (AvgIpc) is 2.67. The van der Waals surface area contributed by atoms with Crippen LogP contribution >= 0.6 is 0 Å². The van der Waals surface area contributed by atoms with Gasteiger partial charge in [0.15, 0.2) is 6.10 Å². The van der Waals surface area contributed by atoms with Crippen LogP contribution in [0.4, 0.5) is 5.69 Å². The molecule has 6 nitrogen and oxygen atoms in total. The fourth-order valence-corrected chi connectivity index (χ4v) is 2.19. The van der Waals surface area contributed by atoms with Gasteiger partial charge in [0.05, 0.1) is 11.6 Å². The highest BCUT2D eigenvalue weighted by Crippen LogP contribution is 2.14. The normalized spacial score (nSPS) is 11.4. The highest BCUT2D eigenvalue weighted by Gasteiger charge is 2.14. The lowest BCUT2D eigenvalue weighted by molar-refractivity contribution is -0.127. The van der Waals surface area contributed by atoms with Crippen molar-refractivity contribution in [2.75, 3.05) is 5.32 Å². The molecule has 0 saturated carbocycles. The molecule has 6 heteroatoms. The maximum absolute atomic E-state index is 12.2. The molecule has 0 bridgehead atoms. The molecule has 0 fully saturated rings. The predicted molar refractivity (Wildman–Crippen MR) is 103 cm³/mol. The highest BCUT2D eigenvalue weighted by atomic mass is 16.5. The maximum atomic E-state index is 12.2. The van der Waals surface area contributed by atoms with Gasteiger partial charge in [0.1, 0.15) is 5.75 Å². The lowest BCUT2D eigenvalue weighted by atomic mass is 10.1. The molecule has 0 heterocycles. The highest BCUT2D eigenvalue weighted by molar-refractivity contribution is 5.92. The van der Waals surface area contributed by atoms with Gasteiger partial charge in [0.2, 0.25) is 5.91 Å². The van der Waals surface area contributed by atoms with Crippen molar-refractivity contribution in [2.24, 2.45) is 5.92 Å². The molecule has 27 heavy (non-hydrogen) atoms. The maximum Gasteiger partial charge on any atom is 0.261 e. The third kappa shape index (κ3) is 6.15. The second kappa shape index (κ2) is 9.39. The van der Waals surface area contributed by atoms with Crippen molar-refractivity contribution in [3.63, 3.8) is 0 Å². The van der Waals surface area contributed by atoms with E-state index in [2.05, 4.69) is 10.6 Å². The summed E-state index contributed by atoms with van der Waals surface area (Å²) < 4.78 is 5.58. The first-order valence-electron chi connectivity index (χ1n) is 8.73. The summed E-state index contributed by atoms with van der Waals surface area (Å²) in [5.74, 6) is 0.171. The SMILES string of the molecule is CC(C)C(=O)Nc1ccc(CNC(=O)C(C)Oc2ccc(C#N)cc2)cc1. The van der Waals surface area contributed by atoms with E-state index in [0.717, 1.165) is 11.3 Å². The van der Waals surface area contributed by atoms with Gasteiger partial charge in [-0.05, 0) is 48.9 Å². The van der Waals surface area contributed by atoms with Gasteiger partial charge in [-0.1, -0.05) is 26.0 Å². The molecule has 1 atom stereocenters. The van der Waals surface area contributed by atoms with E-state index < -0.39 is 6.10 Å². The van der Waals surface area contributed by atoms with Crippen molar-refractivity contribution in [3.05, 3.63) is 59.7 Å². The Kier molecular flexibility index (Phi) is 6.95. The van der Waals surface area contributed by atoms with Crippen LogP contribution in [-0.4, -0.2) is 17.9 Å². The molecule has 2 amide bonds. The van der Waals surface area contributed by atoms with Crippen LogP contribution in [-0.2, 0) is 16.1 Å². The monoisotopic (exact) mass is 365 g/mol. The molecule has 0 aliphatic rings. The van der Waals surface area contributed by atoms with Crippen molar-refractivity contribution in [1.82, 2.24) is 5.32 Å². The topological polar surface area (TPSA) is 91.2 Å². The van der Waals surface area contributed by atoms with E-state index in [1.807, 2.05) is 32.0 Å². The van der Waals surface area contributed by atoms with Gasteiger partial charge in [0.25, 0.3) is 5.91 Å². The zero-order valence-electron chi connectivity index (χ0n) is 15.7. The Morgan fingerprint density at radius 1 is 1.00 bits per heavy atom. The fraction of sp³-hybridized carbons (Fsp3) is 0.286. The average molecular weight is 365 g/mol. The van der Waals surface area contributed by atoms with E-state index in [-0.39, 0.29) is 17.7 Å². The van der Waals surface area contributed by atoms with E-state index >= 15 is 0 Å². The lowest BCUT2D eigenvalue weighted by Gasteiger charge is -2.15. The molecule has 0 aliphatic heterocycles. The molecule has 0 aliphatic carbocycles. The van der Waals surface area contributed by atoms with Crippen LogP contribution < -0.4 is 15.4 Å². The van der Waals surface area contributed by atoms with Gasteiger partial charge >= 0.3 is 0 Å². The number of hydrogen-bond donors (Lipinski definition) is 2. The molecule has 1 unspecified atom stereocenters. The van der Waals surface area contributed by atoms with Crippen LogP contribution in [0.1, 0.15) is 31.9 Å². The number of amides is 2. The molecule has 0 aromatic heterocycles. The summed E-state index contributed by atoms with van der Waals surface area (Å²) in [7, 11) is 0. The number of carbonyl (C=O) groups excluding carboxylic acids is 2. The van der Waals surface area contributed by atoms with Crippen LogP contribution in [0.25, 0.3) is 0 Å². The summed E-state index contributed by atoms with van der Waals surface area (Å²) >= 11 is 0. The molecule has 0 spiro atoms. The van der Waals surface area contributed by atoms with Crippen molar-refractivity contribution < 1.29 is 14.3 Å². The molecular formula is C21H23N3O3. The van der Waals surface area contributed by atoms with E-state index in [1.54, 1.807) is 43.3 Å². The van der Waals surface area contributed by atoms with Crippen LogP contribution in [0, 0.1) is 17.2 Å². The molecule has 2 N–H and O–H groups in total. The number of benzene rings is 2. The van der Waals surface area contributed by atoms with Gasteiger partial charge in [0, 0.05) is 18.2 Å². The molecular weight excluding hydrogens is 342 g/mol. The number of nitrogens with zero attached hydrogens (tertiary/aromatic N) is 1. The Morgan fingerprint density at radius 2 is 1.63 bits per heavy atom.